The van der Waals surface area contributed by atoms with E-state index in [4.69, 9.17) is 4.74 Å². The zero-order valence-electron chi connectivity index (χ0n) is 16.4. The summed E-state index contributed by atoms with van der Waals surface area (Å²) >= 11 is 0. The van der Waals surface area contributed by atoms with Gasteiger partial charge in [0.2, 0.25) is 0 Å². The molecule has 2 rings (SSSR count). The van der Waals surface area contributed by atoms with Gasteiger partial charge in [0.1, 0.15) is 6.04 Å². The van der Waals surface area contributed by atoms with Gasteiger partial charge < -0.3 is 19.9 Å². The molecule has 2 atom stereocenters. The second kappa shape index (κ2) is 9.57. The summed E-state index contributed by atoms with van der Waals surface area (Å²) in [6, 6.07) is 7.84. The van der Waals surface area contributed by atoms with Gasteiger partial charge in [-0.3, -0.25) is 4.79 Å². The molecular formula is C20H32N3O3+. The summed E-state index contributed by atoms with van der Waals surface area (Å²) in [7, 11) is 1.36. The van der Waals surface area contributed by atoms with Crippen LogP contribution in [0.4, 0.5) is 5.69 Å². The van der Waals surface area contributed by atoms with E-state index in [1.54, 1.807) is 0 Å². The first kappa shape index (κ1) is 20.2. The van der Waals surface area contributed by atoms with Crippen LogP contribution in [0.15, 0.2) is 24.3 Å². The van der Waals surface area contributed by atoms with Gasteiger partial charge in [0.15, 0.2) is 6.54 Å². The summed E-state index contributed by atoms with van der Waals surface area (Å²) in [4.78, 5) is 28.0. The van der Waals surface area contributed by atoms with Gasteiger partial charge in [-0.15, -0.1) is 0 Å². The topological polar surface area (TPSA) is 63.1 Å². The Labute approximate surface area is 156 Å². The van der Waals surface area contributed by atoms with Crippen molar-refractivity contribution in [2.75, 3.05) is 44.7 Å². The van der Waals surface area contributed by atoms with Crippen LogP contribution in [0.2, 0.25) is 0 Å². The highest BCUT2D eigenvalue weighted by molar-refractivity contribution is 5.85. The summed E-state index contributed by atoms with van der Waals surface area (Å²) in [5.74, 6) is -0.397. The minimum Gasteiger partial charge on any atom is -0.467 e. The largest absolute Gasteiger partial charge is 0.467 e. The molecule has 1 aliphatic heterocycles. The number of rotatable bonds is 7. The maximum Gasteiger partial charge on any atom is 0.328 e. The molecule has 1 saturated heterocycles. The SMILES string of the molecule is CC[C@@H](C)[C@H](NC(=O)C[NH+]1CCN(c2ccccc2C)CC1)C(=O)OC. The number of methoxy groups -OCH3 is 1. The number of carbonyl (C=O) groups is 2. The lowest BCUT2D eigenvalue weighted by atomic mass is 9.99. The molecule has 26 heavy (non-hydrogen) atoms. The molecule has 1 aromatic rings. The Balaban J connectivity index is 1.85. The van der Waals surface area contributed by atoms with Crippen LogP contribution in [-0.4, -0.2) is 57.8 Å². The minimum absolute atomic E-state index is 0.0549. The van der Waals surface area contributed by atoms with E-state index in [1.807, 2.05) is 13.8 Å². The number of esters is 1. The zero-order chi connectivity index (χ0) is 19.1. The molecule has 1 amide bonds. The fourth-order valence-corrected chi connectivity index (χ4v) is 3.41. The number of carbonyl (C=O) groups excluding carboxylic acids is 2. The number of para-hydroxylation sites is 1. The van der Waals surface area contributed by atoms with Crippen LogP contribution in [0.3, 0.4) is 0 Å². The Morgan fingerprint density at radius 3 is 2.50 bits per heavy atom. The van der Waals surface area contributed by atoms with E-state index in [0.717, 1.165) is 32.6 Å². The molecule has 6 heteroatoms. The summed E-state index contributed by atoms with van der Waals surface area (Å²) in [6.07, 6.45) is 0.808. The summed E-state index contributed by atoms with van der Waals surface area (Å²) in [6.45, 7) is 10.2. The summed E-state index contributed by atoms with van der Waals surface area (Å²) in [5.41, 5.74) is 2.56. The second-order valence-electron chi connectivity index (χ2n) is 7.15. The fourth-order valence-electron chi connectivity index (χ4n) is 3.41. The van der Waals surface area contributed by atoms with Crippen LogP contribution in [-0.2, 0) is 14.3 Å². The van der Waals surface area contributed by atoms with Crippen molar-refractivity contribution in [1.82, 2.24) is 5.32 Å². The van der Waals surface area contributed by atoms with Crippen LogP contribution in [0, 0.1) is 12.8 Å². The van der Waals surface area contributed by atoms with Crippen molar-refractivity contribution in [1.29, 1.82) is 0 Å². The van der Waals surface area contributed by atoms with E-state index in [0.29, 0.717) is 6.54 Å². The van der Waals surface area contributed by atoms with Crippen LogP contribution in [0.5, 0.6) is 0 Å². The maximum atomic E-state index is 12.4. The molecule has 0 saturated carbocycles. The number of amides is 1. The van der Waals surface area contributed by atoms with Gasteiger partial charge in [0, 0.05) is 5.69 Å². The molecule has 0 unspecified atom stereocenters. The fraction of sp³-hybridized carbons (Fsp3) is 0.600. The smallest absolute Gasteiger partial charge is 0.328 e. The third kappa shape index (κ3) is 5.21. The van der Waals surface area contributed by atoms with Gasteiger partial charge in [-0.05, 0) is 24.5 Å². The normalized spacial score (nSPS) is 17.5. The molecule has 1 aromatic carbocycles. The average Bonchev–Trinajstić information content (AvgIpc) is 2.66. The Hall–Kier alpha value is -2.08. The molecule has 0 bridgehead atoms. The number of hydrogen-bond acceptors (Lipinski definition) is 4. The lowest BCUT2D eigenvalue weighted by molar-refractivity contribution is -0.892. The number of quaternary nitrogens is 1. The van der Waals surface area contributed by atoms with Crippen LogP contribution in [0.25, 0.3) is 0 Å². The van der Waals surface area contributed by atoms with Gasteiger partial charge in [-0.25, -0.2) is 4.79 Å². The van der Waals surface area contributed by atoms with Crippen LogP contribution >= 0.6 is 0 Å². The monoisotopic (exact) mass is 362 g/mol. The van der Waals surface area contributed by atoms with Crippen LogP contribution in [0.1, 0.15) is 25.8 Å². The van der Waals surface area contributed by atoms with Crippen molar-refractivity contribution < 1.29 is 19.2 Å². The molecule has 2 N–H and O–H groups in total. The maximum absolute atomic E-state index is 12.4. The van der Waals surface area contributed by atoms with E-state index >= 15 is 0 Å². The molecule has 1 heterocycles. The first-order valence-electron chi connectivity index (χ1n) is 9.47. The predicted molar refractivity (Wildman–Crippen MR) is 102 cm³/mol. The minimum atomic E-state index is -0.565. The molecule has 0 spiro atoms. The quantitative estimate of drug-likeness (QED) is 0.690. The van der Waals surface area contributed by atoms with E-state index in [-0.39, 0.29) is 17.8 Å². The van der Waals surface area contributed by atoms with Crippen molar-refractivity contribution in [3.8, 4) is 0 Å². The van der Waals surface area contributed by atoms with Crippen molar-refractivity contribution in [2.45, 2.75) is 33.2 Å². The van der Waals surface area contributed by atoms with Crippen LogP contribution < -0.4 is 15.1 Å². The highest BCUT2D eigenvalue weighted by atomic mass is 16.5. The van der Waals surface area contributed by atoms with Crippen molar-refractivity contribution in [2.24, 2.45) is 5.92 Å². The third-order valence-corrected chi connectivity index (χ3v) is 5.32. The standard InChI is InChI=1S/C20H31N3O3/c1-5-15(2)19(20(25)26-4)21-18(24)14-22-10-12-23(13-11-22)17-9-7-6-8-16(17)3/h6-9,15,19H,5,10-14H2,1-4H3,(H,21,24)/p+1/t15-,19+/m1/s1. The van der Waals surface area contributed by atoms with Crippen molar-refractivity contribution in [3.05, 3.63) is 29.8 Å². The van der Waals surface area contributed by atoms with Gasteiger partial charge in [-0.2, -0.15) is 0 Å². The number of benzene rings is 1. The second-order valence-corrected chi connectivity index (χ2v) is 7.15. The van der Waals surface area contributed by atoms with E-state index in [2.05, 4.69) is 41.4 Å². The van der Waals surface area contributed by atoms with Gasteiger partial charge in [0.25, 0.3) is 5.91 Å². The Morgan fingerprint density at radius 1 is 1.27 bits per heavy atom. The third-order valence-electron chi connectivity index (χ3n) is 5.32. The number of anilines is 1. The first-order chi connectivity index (χ1) is 12.5. The summed E-state index contributed by atoms with van der Waals surface area (Å²) in [5, 5.41) is 2.87. The zero-order valence-corrected chi connectivity index (χ0v) is 16.4. The van der Waals surface area contributed by atoms with Gasteiger partial charge >= 0.3 is 5.97 Å². The number of aryl methyl sites for hydroxylation is 1. The number of piperazine rings is 1. The van der Waals surface area contributed by atoms with Crippen molar-refractivity contribution in [3.63, 3.8) is 0 Å². The predicted octanol–water partition coefficient (Wildman–Crippen LogP) is 0.404. The van der Waals surface area contributed by atoms with Crippen molar-refractivity contribution >= 4 is 17.6 Å². The number of hydrogen-bond donors (Lipinski definition) is 2. The molecule has 1 fully saturated rings. The lowest BCUT2D eigenvalue weighted by Crippen LogP contribution is -3.16. The highest BCUT2D eigenvalue weighted by Crippen LogP contribution is 2.18. The van der Waals surface area contributed by atoms with Gasteiger partial charge in [0.05, 0.1) is 33.3 Å². The first-order valence-corrected chi connectivity index (χ1v) is 9.47. The molecule has 0 aromatic heterocycles. The Kier molecular flexibility index (Phi) is 7.45. The van der Waals surface area contributed by atoms with E-state index in [9.17, 15) is 9.59 Å². The van der Waals surface area contributed by atoms with E-state index < -0.39 is 6.04 Å². The average molecular weight is 362 g/mol. The Bertz CT molecular complexity index is 612. The molecule has 0 radical (unpaired) electrons. The number of ether oxygens (including phenoxy) is 1. The van der Waals surface area contributed by atoms with Gasteiger partial charge in [-0.1, -0.05) is 38.5 Å². The Morgan fingerprint density at radius 2 is 1.92 bits per heavy atom. The summed E-state index contributed by atoms with van der Waals surface area (Å²) < 4.78 is 4.83. The molecule has 1 aliphatic rings. The highest BCUT2D eigenvalue weighted by Gasteiger charge is 2.29. The van der Waals surface area contributed by atoms with E-state index in [1.165, 1.54) is 23.3 Å². The molecule has 0 aliphatic carbocycles. The molecular weight excluding hydrogens is 330 g/mol. The number of nitrogens with one attached hydrogen (secondary N) is 2. The number of nitrogens with zero attached hydrogens (tertiary/aromatic N) is 1. The molecule has 6 nitrogen and oxygen atoms in total. The lowest BCUT2D eigenvalue weighted by Gasteiger charge is -2.34. The molecule has 144 valence electrons.